The molecule has 0 fully saturated rings. The average Bonchev–Trinajstić information content (AvgIpc) is 2.31. The van der Waals surface area contributed by atoms with E-state index in [9.17, 15) is 0 Å². The minimum Gasteiger partial charge on any atom is -0.392 e. The summed E-state index contributed by atoms with van der Waals surface area (Å²) in [7, 11) is 0. The van der Waals surface area contributed by atoms with Crippen LogP contribution in [0.15, 0.2) is 23.5 Å². The van der Waals surface area contributed by atoms with Gasteiger partial charge in [0.2, 0.25) is 0 Å². The van der Waals surface area contributed by atoms with Crippen molar-refractivity contribution in [1.82, 2.24) is 4.98 Å². The Kier molecular flexibility index (Phi) is 4.85. The van der Waals surface area contributed by atoms with Crippen molar-refractivity contribution in [3.05, 3.63) is 39.9 Å². The topological polar surface area (TPSA) is 108 Å². The second-order valence-corrected chi connectivity index (χ2v) is 3.12. The fourth-order valence-corrected chi connectivity index (χ4v) is 1.15. The van der Waals surface area contributed by atoms with Crippen LogP contribution < -0.4 is 5.73 Å². The van der Waals surface area contributed by atoms with Gasteiger partial charge in [0.15, 0.2) is 0 Å². The van der Waals surface area contributed by atoms with E-state index in [1.165, 1.54) is 0 Å². The van der Waals surface area contributed by atoms with E-state index in [2.05, 4.69) is 15.0 Å². The summed E-state index contributed by atoms with van der Waals surface area (Å²) in [6.45, 7) is 0.307. The first kappa shape index (κ1) is 12.0. The zero-order chi connectivity index (χ0) is 11.8. The third kappa shape index (κ3) is 3.61. The Morgan fingerprint density at radius 1 is 1.62 bits per heavy atom. The van der Waals surface area contributed by atoms with Crippen LogP contribution in [-0.2, 0) is 6.61 Å². The first-order chi connectivity index (χ1) is 7.77. The van der Waals surface area contributed by atoms with Gasteiger partial charge < -0.3 is 10.8 Å². The number of pyridine rings is 1. The molecule has 0 bridgehead atoms. The van der Waals surface area contributed by atoms with Crippen molar-refractivity contribution in [2.45, 2.75) is 13.0 Å². The number of aliphatic hydroxyl groups is 1. The molecule has 6 nitrogen and oxygen atoms in total. The molecule has 0 spiro atoms. The van der Waals surface area contributed by atoms with E-state index in [0.29, 0.717) is 24.3 Å². The summed E-state index contributed by atoms with van der Waals surface area (Å²) >= 11 is 0. The highest BCUT2D eigenvalue weighted by atomic mass is 16.3. The number of hydrogen-bond acceptors (Lipinski definition) is 4. The van der Waals surface area contributed by atoms with E-state index in [0.717, 1.165) is 5.56 Å². The highest BCUT2D eigenvalue weighted by Crippen LogP contribution is 2.11. The standard InChI is InChI=1S/C10H13N5O/c11-10-9(7-16)5-8(6-13-10)3-1-2-4-14-15-12/h1,3,5-6,16H,2,4,7H2,(H2,11,13). The molecule has 16 heavy (non-hydrogen) atoms. The minimum atomic E-state index is -0.126. The van der Waals surface area contributed by atoms with Crippen molar-refractivity contribution in [3.63, 3.8) is 0 Å². The summed E-state index contributed by atoms with van der Waals surface area (Å²) in [4.78, 5) is 6.60. The minimum absolute atomic E-state index is 0.126. The number of aromatic nitrogens is 1. The van der Waals surface area contributed by atoms with Gasteiger partial charge in [-0.25, -0.2) is 4.98 Å². The van der Waals surface area contributed by atoms with E-state index in [1.54, 1.807) is 12.3 Å². The number of nitrogen functional groups attached to an aromatic ring is 1. The monoisotopic (exact) mass is 219 g/mol. The van der Waals surface area contributed by atoms with Gasteiger partial charge in [-0.15, -0.1) is 0 Å². The Balaban J connectivity index is 2.63. The van der Waals surface area contributed by atoms with Crippen molar-refractivity contribution >= 4 is 11.9 Å². The molecule has 6 heteroatoms. The van der Waals surface area contributed by atoms with E-state index < -0.39 is 0 Å². The van der Waals surface area contributed by atoms with Crippen molar-refractivity contribution in [3.8, 4) is 0 Å². The molecule has 0 aliphatic rings. The maximum Gasteiger partial charge on any atom is 0.128 e. The van der Waals surface area contributed by atoms with Gasteiger partial charge in [0, 0.05) is 23.2 Å². The van der Waals surface area contributed by atoms with Crippen LogP contribution in [0.5, 0.6) is 0 Å². The lowest BCUT2D eigenvalue weighted by molar-refractivity contribution is 0.282. The number of aliphatic hydroxyl groups excluding tert-OH is 1. The summed E-state index contributed by atoms with van der Waals surface area (Å²) in [5, 5.41) is 12.4. The number of hydrogen-bond donors (Lipinski definition) is 2. The van der Waals surface area contributed by atoms with Crippen LogP contribution in [0.4, 0.5) is 5.82 Å². The van der Waals surface area contributed by atoms with Crippen molar-refractivity contribution in [2.75, 3.05) is 12.3 Å². The summed E-state index contributed by atoms with van der Waals surface area (Å²) in [6, 6.07) is 1.77. The Morgan fingerprint density at radius 2 is 2.44 bits per heavy atom. The highest BCUT2D eigenvalue weighted by Gasteiger charge is 1.98. The molecule has 0 amide bonds. The molecule has 0 aromatic carbocycles. The first-order valence-electron chi connectivity index (χ1n) is 4.80. The number of nitrogens with two attached hydrogens (primary N) is 1. The van der Waals surface area contributed by atoms with Gasteiger partial charge in [0.05, 0.1) is 6.61 Å². The Morgan fingerprint density at radius 3 is 3.12 bits per heavy atom. The molecule has 0 saturated carbocycles. The number of anilines is 1. The molecular formula is C10H13N5O. The molecular weight excluding hydrogens is 206 g/mol. The van der Waals surface area contributed by atoms with Crippen LogP contribution in [-0.4, -0.2) is 16.6 Å². The van der Waals surface area contributed by atoms with Crippen LogP contribution in [0.3, 0.4) is 0 Å². The second kappa shape index (κ2) is 6.44. The first-order valence-corrected chi connectivity index (χ1v) is 4.80. The molecule has 1 aromatic rings. The average molecular weight is 219 g/mol. The van der Waals surface area contributed by atoms with Gasteiger partial charge in [-0.2, -0.15) is 0 Å². The zero-order valence-electron chi connectivity index (χ0n) is 8.74. The van der Waals surface area contributed by atoms with Crippen LogP contribution in [0, 0.1) is 0 Å². The lowest BCUT2D eigenvalue weighted by atomic mass is 10.2. The summed E-state index contributed by atoms with van der Waals surface area (Å²) < 4.78 is 0. The Hall–Kier alpha value is -2.04. The summed E-state index contributed by atoms with van der Waals surface area (Å²) in [5.41, 5.74) is 15.1. The van der Waals surface area contributed by atoms with Gasteiger partial charge in [0.1, 0.15) is 5.82 Å². The maximum atomic E-state index is 8.99. The van der Waals surface area contributed by atoms with E-state index in [4.69, 9.17) is 16.4 Å². The summed E-state index contributed by atoms with van der Waals surface area (Å²) in [5.74, 6) is 0.341. The third-order valence-corrected chi connectivity index (χ3v) is 1.96. The van der Waals surface area contributed by atoms with Crippen LogP contribution in [0.25, 0.3) is 16.5 Å². The van der Waals surface area contributed by atoms with Crippen molar-refractivity contribution in [2.24, 2.45) is 5.11 Å². The van der Waals surface area contributed by atoms with E-state index in [-0.39, 0.29) is 6.61 Å². The van der Waals surface area contributed by atoms with E-state index in [1.807, 2.05) is 12.2 Å². The molecule has 0 atom stereocenters. The fourth-order valence-electron chi connectivity index (χ4n) is 1.15. The number of azide groups is 1. The van der Waals surface area contributed by atoms with Crippen LogP contribution >= 0.6 is 0 Å². The molecule has 1 heterocycles. The largest absolute Gasteiger partial charge is 0.392 e. The smallest absolute Gasteiger partial charge is 0.128 e. The number of rotatable bonds is 5. The molecule has 0 radical (unpaired) electrons. The molecule has 1 aromatic heterocycles. The molecule has 0 saturated heterocycles. The van der Waals surface area contributed by atoms with Crippen LogP contribution in [0.2, 0.25) is 0 Å². The van der Waals surface area contributed by atoms with Gasteiger partial charge in [0.25, 0.3) is 0 Å². The lowest BCUT2D eigenvalue weighted by Crippen LogP contribution is -1.97. The lowest BCUT2D eigenvalue weighted by Gasteiger charge is -2.01. The predicted molar refractivity (Wildman–Crippen MR) is 62.2 cm³/mol. The normalized spacial score (nSPS) is 10.3. The van der Waals surface area contributed by atoms with Gasteiger partial charge >= 0.3 is 0 Å². The van der Waals surface area contributed by atoms with Crippen molar-refractivity contribution in [1.29, 1.82) is 0 Å². The maximum absolute atomic E-state index is 8.99. The van der Waals surface area contributed by atoms with Gasteiger partial charge in [-0.3, -0.25) is 0 Å². The zero-order valence-corrected chi connectivity index (χ0v) is 8.74. The fraction of sp³-hybridized carbons (Fsp3) is 0.300. The molecule has 1 rings (SSSR count). The van der Waals surface area contributed by atoms with Crippen molar-refractivity contribution < 1.29 is 5.11 Å². The highest BCUT2D eigenvalue weighted by molar-refractivity contribution is 5.53. The second-order valence-electron chi connectivity index (χ2n) is 3.12. The van der Waals surface area contributed by atoms with Crippen LogP contribution in [0.1, 0.15) is 17.5 Å². The molecule has 0 aliphatic carbocycles. The molecule has 84 valence electrons. The SMILES string of the molecule is [N-]=[N+]=NCCC=Cc1cnc(N)c(CO)c1. The Bertz CT molecular complexity index is 423. The third-order valence-electron chi connectivity index (χ3n) is 1.96. The van der Waals surface area contributed by atoms with Gasteiger partial charge in [-0.1, -0.05) is 17.3 Å². The number of nitrogens with zero attached hydrogens (tertiary/aromatic N) is 4. The molecule has 0 aliphatic heterocycles. The molecule has 0 unspecified atom stereocenters. The Labute approximate surface area is 93.1 Å². The quantitative estimate of drug-likeness (QED) is 0.341. The van der Waals surface area contributed by atoms with Gasteiger partial charge in [-0.05, 0) is 23.6 Å². The molecule has 3 N–H and O–H groups in total. The summed E-state index contributed by atoms with van der Waals surface area (Å²) in [6.07, 6.45) is 6.02. The predicted octanol–water partition coefficient (Wildman–Crippen LogP) is 1.87. The van der Waals surface area contributed by atoms with E-state index >= 15 is 0 Å².